The van der Waals surface area contributed by atoms with Crippen LogP contribution in [0.3, 0.4) is 0 Å². The number of hydrogen-bond donors (Lipinski definition) is 1. The molecule has 1 N–H and O–H groups in total. The summed E-state index contributed by atoms with van der Waals surface area (Å²) in [5.74, 6) is 1.92. The molecule has 0 aliphatic rings. The lowest BCUT2D eigenvalue weighted by molar-refractivity contribution is -0.123. The summed E-state index contributed by atoms with van der Waals surface area (Å²) >= 11 is 5.88. The van der Waals surface area contributed by atoms with Crippen LogP contribution in [0.15, 0.2) is 65.1 Å². The van der Waals surface area contributed by atoms with Crippen LogP contribution in [-0.2, 0) is 11.3 Å². The molecule has 0 bridgehead atoms. The van der Waals surface area contributed by atoms with E-state index in [1.807, 2.05) is 67.6 Å². The molecule has 3 rings (SSSR count). The van der Waals surface area contributed by atoms with Crippen LogP contribution in [0.2, 0.25) is 5.02 Å². The molecule has 0 saturated carbocycles. The minimum absolute atomic E-state index is 0.0321. The molecule has 25 heavy (non-hydrogen) atoms. The molecule has 0 aliphatic carbocycles. The van der Waals surface area contributed by atoms with Gasteiger partial charge in [0.15, 0.2) is 6.61 Å². The number of carbonyl (C=O) groups is 1. The summed E-state index contributed by atoms with van der Waals surface area (Å²) in [5.41, 5.74) is 1.93. The lowest BCUT2D eigenvalue weighted by Crippen LogP contribution is -2.28. The van der Waals surface area contributed by atoms with Gasteiger partial charge in [-0.15, -0.1) is 0 Å². The van der Waals surface area contributed by atoms with E-state index >= 15 is 0 Å². The fourth-order valence-corrected chi connectivity index (χ4v) is 2.47. The largest absolute Gasteiger partial charge is 0.484 e. The Balaban J connectivity index is 1.51. The van der Waals surface area contributed by atoms with Gasteiger partial charge < -0.3 is 14.5 Å². The summed E-state index contributed by atoms with van der Waals surface area (Å²) < 4.78 is 11.3. The van der Waals surface area contributed by atoms with Gasteiger partial charge in [-0.1, -0.05) is 29.8 Å². The van der Waals surface area contributed by atoms with E-state index in [1.165, 1.54) is 0 Å². The molecule has 0 saturated heterocycles. The van der Waals surface area contributed by atoms with Gasteiger partial charge in [0.25, 0.3) is 5.91 Å². The Hall–Kier alpha value is -2.72. The molecule has 0 atom stereocenters. The number of aryl methyl sites for hydroxylation is 1. The molecule has 0 radical (unpaired) electrons. The zero-order valence-corrected chi connectivity index (χ0v) is 14.5. The van der Waals surface area contributed by atoms with Crippen molar-refractivity contribution in [2.24, 2.45) is 0 Å². The smallest absolute Gasteiger partial charge is 0.258 e. The Morgan fingerprint density at radius 3 is 2.60 bits per heavy atom. The number of hydrogen-bond acceptors (Lipinski definition) is 3. The van der Waals surface area contributed by atoms with E-state index in [-0.39, 0.29) is 12.5 Å². The Morgan fingerprint density at radius 2 is 1.84 bits per heavy atom. The molecule has 1 aromatic heterocycles. The van der Waals surface area contributed by atoms with Crippen molar-refractivity contribution >= 4 is 17.5 Å². The zero-order chi connectivity index (χ0) is 17.6. The van der Waals surface area contributed by atoms with Crippen LogP contribution in [0.4, 0.5) is 0 Å². The second-order valence-electron chi connectivity index (χ2n) is 5.60. The lowest BCUT2D eigenvalue weighted by Gasteiger charge is -2.08. The number of ether oxygens (including phenoxy) is 1. The van der Waals surface area contributed by atoms with Crippen molar-refractivity contribution in [3.63, 3.8) is 0 Å². The number of nitrogens with one attached hydrogen (secondary N) is 1. The third-order valence-electron chi connectivity index (χ3n) is 3.70. The summed E-state index contributed by atoms with van der Waals surface area (Å²) in [7, 11) is 0. The molecule has 0 aliphatic heterocycles. The summed E-state index contributed by atoms with van der Waals surface area (Å²) in [4.78, 5) is 11.9. The van der Waals surface area contributed by atoms with Gasteiger partial charge in [0.2, 0.25) is 0 Å². The number of halogens is 1. The minimum atomic E-state index is -0.201. The van der Waals surface area contributed by atoms with Gasteiger partial charge >= 0.3 is 0 Å². The van der Waals surface area contributed by atoms with Gasteiger partial charge in [0, 0.05) is 10.6 Å². The van der Waals surface area contributed by atoms with Crippen LogP contribution in [0.1, 0.15) is 11.3 Å². The highest BCUT2D eigenvalue weighted by molar-refractivity contribution is 6.30. The molecule has 128 valence electrons. The first-order chi connectivity index (χ1) is 12.1. The van der Waals surface area contributed by atoms with Crippen molar-refractivity contribution in [3.8, 4) is 17.1 Å². The van der Waals surface area contributed by atoms with Crippen molar-refractivity contribution in [1.82, 2.24) is 5.32 Å². The fourth-order valence-electron chi connectivity index (χ4n) is 2.34. The predicted octanol–water partition coefficient (Wildman–Crippen LogP) is 4.60. The minimum Gasteiger partial charge on any atom is -0.484 e. The highest BCUT2D eigenvalue weighted by atomic mass is 35.5. The third-order valence-corrected chi connectivity index (χ3v) is 3.95. The highest BCUT2D eigenvalue weighted by Crippen LogP contribution is 2.23. The molecule has 4 nitrogen and oxygen atoms in total. The first-order valence-electron chi connectivity index (χ1n) is 7.91. The molecule has 3 aromatic rings. The van der Waals surface area contributed by atoms with Gasteiger partial charge in [-0.2, -0.15) is 0 Å². The van der Waals surface area contributed by atoms with E-state index in [0.717, 1.165) is 16.9 Å². The summed E-state index contributed by atoms with van der Waals surface area (Å²) in [6.45, 7) is 2.22. The van der Waals surface area contributed by atoms with Crippen LogP contribution < -0.4 is 10.1 Å². The van der Waals surface area contributed by atoms with Crippen molar-refractivity contribution in [3.05, 3.63) is 77.0 Å². The van der Waals surface area contributed by atoms with Gasteiger partial charge in [-0.3, -0.25) is 4.79 Å². The monoisotopic (exact) mass is 355 g/mol. The maximum absolute atomic E-state index is 11.9. The summed E-state index contributed by atoms with van der Waals surface area (Å²) in [6, 6.07) is 18.7. The number of amides is 1. The topological polar surface area (TPSA) is 51.5 Å². The van der Waals surface area contributed by atoms with E-state index in [2.05, 4.69) is 5.32 Å². The zero-order valence-electron chi connectivity index (χ0n) is 13.8. The quantitative estimate of drug-likeness (QED) is 0.702. The van der Waals surface area contributed by atoms with Crippen LogP contribution in [0.5, 0.6) is 5.75 Å². The molecule has 0 spiro atoms. The number of benzene rings is 2. The number of furan rings is 1. The number of rotatable bonds is 6. The average molecular weight is 356 g/mol. The SMILES string of the molecule is Cc1ccccc1OCC(=O)NCc1ccc(-c2ccc(Cl)cc2)o1. The van der Waals surface area contributed by atoms with Crippen molar-refractivity contribution < 1.29 is 13.9 Å². The number of carbonyl (C=O) groups excluding carboxylic acids is 1. The maximum atomic E-state index is 11.9. The van der Waals surface area contributed by atoms with Crippen LogP contribution >= 0.6 is 11.6 Å². The fraction of sp³-hybridized carbons (Fsp3) is 0.150. The van der Waals surface area contributed by atoms with Crippen LogP contribution in [0.25, 0.3) is 11.3 Å². The molecule has 5 heteroatoms. The van der Waals surface area contributed by atoms with E-state index in [1.54, 1.807) is 0 Å². The first-order valence-corrected chi connectivity index (χ1v) is 8.29. The Kier molecular flexibility index (Phi) is 5.41. The Morgan fingerprint density at radius 1 is 1.08 bits per heavy atom. The second-order valence-corrected chi connectivity index (χ2v) is 6.04. The average Bonchev–Trinajstić information content (AvgIpc) is 3.09. The molecule has 0 fully saturated rings. The van der Waals surface area contributed by atoms with Crippen molar-refractivity contribution in [2.75, 3.05) is 6.61 Å². The molecule has 0 unspecified atom stereocenters. The summed E-state index contributed by atoms with van der Waals surface area (Å²) in [6.07, 6.45) is 0. The standard InChI is InChI=1S/C20H18ClNO3/c1-14-4-2-3-5-18(14)24-13-20(23)22-12-17-10-11-19(25-17)15-6-8-16(21)9-7-15/h2-11H,12-13H2,1H3,(H,22,23). The van der Waals surface area contributed by atoms with Crippen LogP contribution in [-0.4, -0.2) is 12.5 Å². The molecule has 1 heterocycles. The third kappa shape index (κ3) is 4.64. The Bertz CT molecular complexity index is 855. The normalized spacial score (nSPS) is 10.5. The van der Waals surface area contributed by atoms with Crippen LogP contribution in [0, 0.1) is 6.92 Å². The number of para-hydroxylation sites is 1. The maximum Gasteiger partial charge on any atom is 0.258 e. The summed E-state index contributed by atoms with van der Waals surface area (Å²) in [5, 5.41) is 3.46. The molecular weight excluding hydrogens is 338 g/mol. The molecular formula is C20H18ClNO3. The molecule has 1 amide bonds. The van der Waals surface area contributed by atoms with E-state index in [0.29, 0.717) is 23.1 Å². The van der Waals surface area contributed by atoms with Gasteiger partial charge in [-0.25, -0.2) is 0 Å². The van der Waals surface area contributed by atoms with Gasteiger partial charge in [-0.05, 0) is 55.0 Å². The van der Waals surface area contributed by atoms with Gasteiger partial charge in [0.1, 0.15) is 17.3 Å². The van der Waals surface area contributed by atoms with E-state index < -0.39 is 0 Å². The predicted molar refractivity (Wildman–Crippen MR) is 97.7 cm³/mol. The first kappa shape index (κ1) is 17.1. The van der Waals surface area contributed by atoms with E-state index in [9.17, 15) is 4.79 Å². The lowest BCUT2D eigenvalue weighted by atomic mass is 10.2. The van der Waals surface area contributed by atoms with E-state index in [4.69, 9.17) is 20.8 Å². The Labute approximate surface area is 151 Å². The van der Waals surface area contributed by atoms with Gasteiger partial charge in [0.05, 0.1) is 6.54 Å². The second kappa shape index (κ2) is 7.90. The molecule has 2 aromatic carbocycles. The van der Waals surface area contributed by atoms with Crippen molar-refractivity contribution in [1.29, 1.82) is 0 Å². The van der Waals surface area contributed by atoms with Crippen molar-refractivity contribution in [2.45, 2.75) is 13.5 Å². The highest BCUT2D eigenvalue weighted by Gasteiger charge is 2.08.